The second kappa shape index (κ2) is 12.1. The van der Waals surface area contributed by atoms with E-state index in [0.717, 1.165) is 29.5 Å². The molecule has 1 saturated carbocycles. The summed E-state index contributed by atoms with van der Waals surface area (Å²) < 4.78 is 20.8. The number of nitriles is 2. The molecule has 3 atom stereocenters. The molecule has 1 aliphatic carbocycles. The molecule has 3 aromatic carbocycles. The number of methoxy groups -OCH3 is 1. The fourth-order valence-electron chi connectivity index (χ4n) is 6.44. The third-order valence-corrected chi connectivity index (χ3v) is 9.09. The minimum Gasteiger partial charge on any atom is -0.380 e. The van der Waals surface area contributed by atoms with Gasteiger partial charge in [0.15, 0.2) is 0 Å². The molecular formula is C34H33FN6O3. The number of rotatable bonds is 8. The molecule has 3 amide bonds. The summed E-state index contributed by atoms with van der Waals surface area (Å²) in [6, 6.07) is 19.8. The normalized spacial score (nSPS) is 22.1. The van der Waals surface area contributed by atoms with Crippen molar-refractivity contribution in [2.45, 2.75) is 56.3 Å². The van der Waals surface area contributed by atoms with Gasteiger partial charge in [0.25, 0.3) is 0 Å². The van der Waals surface area contributed by atoms with Crippen molar-refractivity contribution >= 4 is 23.3 Å². The van der Waals surface area contributed by atoms with Gasteiger partial charge in [-0.2, -0.15) is 10.5 Å². The molecule has 3 N–H and O–H groups in total. The lowest BCUT2D eigenvalue weighted by atomic mass is 9.78. The largest absolute Gasteiger partial charge is 0.380 e. The molecule has 9 nitrogen and oxygen atoms in total. The zero-order valence-corrected chi connectivity index (χ0v) is 24.4. The van der Waals surface area contributed by atoms with Crippen LogP contribution in [-0.4, -0.2) is 42.6 Å². The van der Waals surface area contributed by atoms with Crippen LogP contribution in [0.25, 0.3) is 0 Å². The van der Waals surface area contributed by atoms with Crippen molar-refractivity contribution in [3.05, 3.63) is 94.3 Å². The number of carbonyl (C=O) groups excluding carboxylic acids is 2. The van der Waals surface area contributed by atoms with E-state index < -0.39 is 29.3 Å². The summed E-state index contributed by atoms with van der Waals surface area (Å²) >= 11 is 0. The smallest absolute Gasteiger partial charge is 0.322 e. The van der Waals surface area contributed by atoms with E-state index in [2.05, 4.69) is 22.0 Å². The Hall–Kier alpha value is -4.77. The molecule has 1 saturated heterocycles. The molecule has 3 aliphatic rings. The summed E-state index contributed by atoms with van der Waals surface area (Å²) in [7, 11) is 1.52. The van der Waals surface area contributed by atoms with E-state index >= 15 is 4.39 Å². The van der Waals surface area contributed by atoms with Crippen molar-refractivity contribution in [3.8, 4) is 12.1 Å². The van der Waals surface area contributed by atoms with Crippen molar-refractivity contribution in [3.63, 3.8) is 0 Å². The predicted octanol–water partition coefficient (Wildman–Crippen LogP) is 5.37. The van der Waals surface area contributed by atoms with Gasteiger partial charge in [-0.25, -0.2) is 9.18 Å². The molecule has 1 unspecified atom stereocenters. The molecule has 3 aromatic rings. The van der Waals surface area contributed by atoms with Crippen molar-refractivity contribution < 1.29 is 18.7 Å². The summed E-state index contributed by atoms with van der Waals surface area (Å²) in [4.78, 5) is 28.3. The van der Waals surface area contributed by atoms with E-state index in [9.17, 15) is 14.9 Å². The summed E-state index contributed by atoms with van der Waals surface area (Å²) in [5.41, 5.74) is 3.71. The number of fused-ring (bicyclic) bond motifs is 1. The summed E-state index contributed by atoms with van der Waals surface area (Å²) in [6.07, 6.45) is 4.05. The molecule has 0 spiro atoms. The lowest BCUT2D eigenvalue weighted by Gasteiger charge is -2.33. The highest BCUT2D eigenvalue weighted by atomic mass is 19.1. The Bertz CT molecular complexity index is 1680. The van der Waals surface area contributed by atoms with Gasteiger partial charge in [-0.05, 0) is 77.9 Å². The van der Waals surface area contributed by atoms with Crippen LogP contribution in [0.5, 0.6) is 0 Å². The summed E-state index contributed by atoms with van der Waals surface area (Å²) in [5.74, 6) is -0.443. The third kappa shape index (κ3) is 5.62. The Morgan fingerprint density at radius 1 is 1.09 bits per heavy atom. The average molecular weight is 593 g/mol. The number of urea groups is 1. The molecular weight excluding hydrogens is 559 g/mol. The monoisotopic (exact) mass is 592 g/mol. The molecule has 2 heterocycles. The quantitative estimate of drug-likeness (QED) is 0.323. The predicted molar refractivity (Wildman–Crippen MR) is 162 cm³/mol. The number of halogens is 1. The van der Waals surface area contributed by atoms with Crippen molar-refractivity contribution in [1.29, 1.82) is 10.5 Å². The zero-order valence-electron chi connectivity index (χ0n) is 24.4. The van der Waals surface area contributed by atoms with Crippen molar-refractivity contribution in [2.24, 2.45) is 5.92 Å². The van der Waals surface area contributed by atoms with Crippen LogP contribution in [0.2, 0.25) is 0 Å². The number of benzene rings is 3. The number of amides is 3. The van der Waals surface area contributed by atoms with Crippen molar-refractivity contribution in [2.75, 3.05) is 24.3 Å². The van der Waals surface area contributed by atoms with Crippen LogP contribution in [0.3, 0.4) is 0 Å². The molecule has 10 heteroatoms. The number of ether oxygens (including phenoxy) is 1. The number of nitrogens with zero attached hydrogens (tertiary/aromatic N) is 3. The first kappa shape index (κ1) is 29.3. The van der Waals surface area contributed by atoms with Crippen LogP contribution in [0.1, 0.15) is 59.9 Å². The maximum Gasteiger partial charge on any atom is 0.322 e. The third-order valence-electron chi connectivity index (χ3n) is 9.09. The Morgan fingerprint density at radius 3 is 2.59 bits per heavy atom. The molecule has 0 bridgehead atoms. The minimum atomic E-state index is -0.895. The first-order valence-electron chi connectivity index (χ1n) is 14.8. The molecule has 224 valence electrons. The molecule has 2 aliphatic heterocycles. The van der Waals surface area contributed by atoms with E-state index in [1.807, 2.05) is 24.3 Å². The van der Waals surface area contributed by atoms with Crippen LogP contribution in [-0.2, 0) is 21.6 Å². The topological polar surface area (TPSA) is 130 Å². The number of hydrogen-bond donors (Lipinski definition) is 3. The number of likely N-dealkylation sites (tertiary alicyclic amines) is 1. The van der Waals surface area contributed by atoms with Gasteiger partial charge in [-0.15, -0.1) is 0 Å². The fourth-order valence-corrected chi connectivity index (χ4v) is 6.44. The number of nitrogens with one attached hydrogen (secondary N) is 3. The standard InChI is InChI=1S/C34H33FN6O3/c1-44-26-16-31(41(20-26)33(43)39-25-10-7-22(17-36)8-11-25)32(42)40-30-15-24(9-12-29(30)35)34(14-13-21-5-6-21)28-4-2-3-23(18-37)27(28)19-38-34/h2-4,7-12,15,21,26,31,38H,5-6,13-14,16,19-20H2,1H3,(H,39,43)(H,40,42)/t26-,31-,34?/m1/s1. The van der Waals surface area contributed by atoms with E-state index in [0.29, 0.717) is 29.3 Å². The van der Waals surface area contributed by atoms with Gasteiger partial charge < -0.3 is 20.3 Å². The van der Waals surface area contributed by atoms with E-state index in [1.165, 1.54) is 30.9 Å². The highest BCUT2D eigenvalue weighted by Gasteiger charge is 2.43. The van der Waals surface area contributed by atoms with E-state index in [1.54, 1.807) is 36.4 Å². The lowest BCUT2D eigenvalue weighted by molar-refractivity contribution is -0.119. The Kier molecular flexibility index (Phi) is 8.05. The Labute approximate surface area is 255 Å². The van der Waals surface area contributed by atoms with E-state index in [4.69, 9.17) is 10.00 Å². The maximum atomic E-state index is 15.3. The van der Waals surface area contributed by atoms with Gasteiger partial charge in [0.1, 0.15) is 11.9 Å². The van der Waals surface area contributed by atoms with Gasteiger partial charge in [0.05, 0.1) is 40.6 Å². The molecule has 6 rings (SSSR count). The van der Waals surface area contributed by atoms with Crippen LogP contribution in [0, 0.1) is 34.4 Å². The van der Waals surface area contributed by atoms with Gasteiger partial charge in [-0.3, -0.25) is 10.1 Å². The van der Waals surface area contributed by atoms with Gasteiger partial charge >= 0.3 is 6.03 Å². The highest BCUT2D eigenvalue weighted by Crippen LogP contribution is 2.46. The SMILES string of the molecule is CO[C@@H]1C[C@H](C(=O)Nc2cc(C3(CCC4CC4)NCc4c(C#N)cccc43)ccc2F)N(C(=O)Nc2ccc(C#N)cc2)C1. The average Bonchev–Trinajstić information content (AvgIpc) is 3.64. The maximum absolute atomic E-state index is 15.3. The highest BCUT2D eigenvalue weighted by molar-refractivity contribution is 6.00. The van der Waals surface area contributed by atoms with E-state index in [-0.39, 0.29) is 24.8 Å². The van der Waals surface area contributed by atoms with Crippen LogP contribution in [0.15, 0.2) is 60.7 Å². The fraction of sp³-hybridized carbons (Fsp3) is 0.353. The van der Waals surface area contributed by atoms with Gasteiger partial charge in [0, 0.05) is 32.3 Å². The lowest BCUT2D eigenvalue weighted by Crippen LogP contribution is -2.45. The van der Waals surface area contributed by atoms with Crippen LogP contribution >= 0.6 is 0 Å². The zero-order chi connectivity index (χ0) is 30.8. The van der Waals surface area contributed by atoms with Gasteiger partial charge in [0.2, 0.25) is 5.91 Å². The summed E-state index contributed by atoms with van der Waals surface area (Å²) in [5, 5.41) is 27.9. The van der Waals surface area contributed by atoms with Crippen LogP contribution < -0.4 is 16.0 Å². The van der Waals surface area contributed by atoms with Crippen molar-refractivity contribution in [1.82, 2.24) is 10.2 Å². The second-order valence-electron chi connectivity index (χ2n) is 11.7. The molecule has 2 fully saturated rings. The molecule has 0 aromatic heterocycles. The number of hydrogen-bond acceptors (Lipinski definition) is 6. The number of carbonyl (C=O) groups is 2. The molecule has 0 radical (unpaired) electrons. The Balaban J connectivity index is 1.26. The van der Waals surface area contributed by atoms with Crippen LogP contribution in [0.4, 0.5) is 20.6 Å². The first-order chi connectivity index (χ1) is 21.3. The second-order valence-corrected chi connectivity index (χ2v) is 11.7. The minimum absolute atomic E-state index is 0.0262. The Morgan fingerprint density at radius 2 is 1.89 bits per heavy atom. The first-order valence-corrected chi connectivity index (χ1v) is 14.8. The summed E-state index contributed by atoms with van der Waals surface area (Å²) in [6.45, 7) is 0.706. The molecule has 44 heavy (non-hydrogen) atoms. The van der Waals surface area contributed by atoms with Gasteiger partial charge in [-0.1, -0.05) is 31.0 Å². The number of anilines is 2.